The predicted molar refractivity (Wildman–Crippen MR) is 85.0 cm³/mol. The lowest BCUT2D eigenvalue weighted by atomic mass is 10.2. The van der Waals surface area contributed by atoms with Crippen molar-refractivity contribution in [2.75, 3.05) is 7.05 Å². The summed E-state index contributed by atoms with van der Waals surface area (Å²) in [6.07, 6.45) is 2.11. The zero-order valence-corrected chi connectivity index (χ0v) is 13.0. The Morgan fingerprint density at radius 3 is 2.57 bits per heavy atom. The lowest BCUT2D eigenvalue weighted by Crippen LogP contribution is -2.34. The molecule has 1 aromatic carbocycles. The van der Waals surface area contributed by atoms with Gasteiger partial charge in [0, 0.05) is 31.5 Å². The van der Waals surface area contributed by atoms with E-state index in [4.69, 9.17) is 4.42 Å². The Morgan fingerprint density at radius 2 is 1.90 bits per heavy atom. The highest BCUT2D eigenvalue weighted by atomic mass is 16.3. The van der Waals surface area contributed by atoms with E-state index < -0.39 is 0 Å². The average molecular weight is 285 g/mol. The van der Waals surface area contributed by atoms with Gasteiger partial charge >= 0.3 is 0 Å². The van der Waals surface area contributed by atoms with Crippen LogP contribution in [0.3, 0.4) is 0 Å². The average Bonchev–Trinajstić information content (AvgIpc) is 3.01. The Balaban J connectivity index is 1.93. The van der Waals surface area contributed by atoms with Gasteiger partial charge in [-0.1, -0.05) is 37.3 Å². The van der Waals surface area contributed by atoms with Gasteiger partial charge in [0.2, 0.25) is 5.91 Å². The highest BCUT2D eigenvalue weighted by Gasteiger charge is 2.14. The molecule has 112 valence electrons. The number of aryl methyl sites for hydroxylation is 1. The van der Waals surface area contributed by atoms with Gasteiger partial charge in [0.25, 0.3) is 0 Å². The highest BCUT2D eigenvalue weighted by Crippen LogP contribution is 2.22. The van der Waals surface area contributed by atoms with Gasteiger partial charge in [-0.15, -0.1) is 0 Å². The Bertz CT molecular complexity index is 574. The van der Waals surface area contributed by atoms with Crippen LogP contribution in [0, 0.1) is 0 Å². The molecule has 0 spiro atoms. The Morgan fingerprint density at radius 1 is 1.19 bits per heavy atom. The van der Waals surface area contributed by atoms with E-state index in [9.17, 15) is 4.79 Å². The van der Waals surface area contributed by atoms with Gasteiger partial charge in [-0.2, -0.15) is 0 Å². The van der Waals surface area contributed by atoms with Crippen LogP contribution < -0.4 is 0 Å². The molecule has 3 heteroatoms. The third-order valence-electron chi connectivity index (χ3n) is 3.95. The van der Waals surface area contributed by atoms with E-state index in [-0.39, 0.29) is 11.9 Å². The lowest BCUT2D eigenvalue weighted by molar-refractivity contribution is -0.131. The van der Waals surface area contributed by atoms with E-state index in [0.717, 1.165) is 23.5 Å². The van der Waals surface area contributed by atoms with E-state index in [1.54, 1.807) is 0 Å². The fraction of sp³-hybridized carbons (Fsp3) is 0.389. The molecule has 0 fully saturated rings. The van der Waals surface area contributed by atoms with Crippen molar-refractivity contribution < 1.29 is 9.21 Å². The van der Waals surface area contributed by atoms with E-state index >= 15 is 0 Å². The fourth-order valence-corrected chi connectivity index (χ4v) is 2.20. The van der Waals surface area contributed by atoms with Crippen molar-refractivity contribution in [3.05, 3.63) is 48.2 Å². The number of furan rings is 1. The fourth-order valence-electron chi connectivity index (χ4n) is 2.20. The van der Waals surface area contributed by atoms with Crippen LogP contribution in [0.1, 0.15) is 32.4 Å². The summed E-state index contributed by atoms with van der Waals surface area (Å²) >= 11 is 0. The first kappa shape index (κ1) is 15.4. The molecule has 1 unspecified atom stereocenters. The van der Waals surface area contributed by atoms with Gasteiger partial charge < -0.3 is 9.32 Å². The molecule has 1 amide bonds. The largest absolute Gasteiger partial charge is 0.461 e. The topological polar surface area (TPSA) is 33.5 Å². The molecule has 0 saturated carbocycles. The van der Waals surface area contributed by atoms with Crippen molar-refractivity contribution in [3.63, 3.8) is 0 Å². The first-order chi connectivity index (χ1) is 10.1. The quantitative estimate of drug-likeness (QED) is 0.799. The van der Waals surface area contributed by atoms with Gasteiger partial charge in [-0.25, -0.2) is 0 Å². The lowest BCUT2D eigenvalue weighted by Gasteiger charge is -2.23. The molecule has 2 rings (SSSR count). The third kappa shape index (κ3) is 3.97. The van der Waals surface area contributed by atoms with E-state index in [1.807, 2.05) is 54.4 Å². The van der Waals surface area contributed by atoms with Crippen LogP contribution in [0.4, 0.5) is 0 Å². The van der Waals surface area contributed by atoms with Crippen molar-refractivity contribution >= 4 is 5.91 Å². The van der Waals surface area contributed by atoms with Gasteiger partial charge in [0.05, 0.1) is 0 Å². The minimum absolute atomic E-state index is 0.169. The normalized spacial score (nSPS) is 12.1. The molecule has 1 aromatic heterocycles. The number of nitrogens with zero attached hydrogens (tertiary/aromatic N) is 1. The summed E-state index contributed by atoms with van der Waals surface area (Å²) in [5, 5.41) is 0. The number of hydrogen-bond acceptors (Lipinski definition) is 2. The van der Waals surface area contributed by atoms with Crippen molar-refractivity contribution in [2.24, 2.45) is 0 Å². The Hall–Kier alpha value is -2.03. The first-order valence-electron chi connectivity index (χ1n) is 7.51. The molecule has 0 N–H and O–H groups in total. The van der Waals surface area contributed by atoms with Crippen LogP contribution >= 0.6 is 0 Å². The smallest absolute Gasteiger partial charge is 0.223 e. The number of carbonyl (C=O) groups is 1. The van der Waals surface area contributed by atoms with Crippen LogP contribution in [0.25, 0.3) is 11.3 Å². The summed E-state index contributed by atoms with van der Waals surface area (Å²) in [5.41, 5.74) is 1.06. The summed E-state index contributed by atoms with van der Waals surface area (Å²) in [5.74, 6) is 1.88. The van der Waals surface area contributed by atoms with E-state index in [1.165, 1.54) is 0 Å². The SMILES string of the molecule is CCC(C)N(C)C(=O)CCc1ccc(-c2ccccc2)o1. The molecular formula is C18H23NO2. The summed E-state index contributed by atoms with van der Waals surface area (Å²) in [7, 11) is 1.87. The van der Waals surface area contributed by atoms with Crippen molar-refractivity contribution in [1.29, 1.82) is 0 Å². The Labute approximate surface area is 126 Å². The van der Waals surface area contributed by atoms with Gasteiger partial charge in [-0.05, 0) is 25.5 Å². The maximum atomic E-state index is 12.1. The van der Waals surface area contributed by atoms with Crippen LogP contribution in [0.15, 0.2) is 46.9 Å². The zero-order chi connectivity index (χ0) is 15.2. The number of benzene rings is 1. The summed E-state index contributed by atoms with van der Waals surface area (Å²) in [6.45, 7) is 4.16. The van der Waals surface area contributed by atoms with Crippen molar-refractivity contribution in [3.8, 4) is 11.3 Å². The molecular weight excluding hydrogens is 262 g/mol. The second kappa shape index (κ2) is 7.11. The molecule has 2 aromatic rings. The van der Waals surface area contributed by atoms with Crippen molar-refractivity contribution in [1.82, 2.24) is 4.90 Å². The number of hydrogen-bond donors (Lipinski definition) is 0. The van der Waals surface area contributed by atoms with E-state index in [2.05, 4.69) is 13.8 Å². The molecule has 0 radical (unpaired) electrons. The highest BCUT2D eigenvalue weighted by molar-refractivity contribution is 5.76. The maximum absolute atomic E-state index is 12.1. The molecule has 1 heterocycles. The number of carbonyl (C=O) groups excluding carboxylic acids is 1. The van der Waals surface area contributed by atoms with Crippen molar-refractivity contribution in [2.45, 2.75) is 39.2 Å². The third-order valence-corrected chi connectivity index (χ3v) is 3.95. The first-order valence-corrected chi connectivity index (χ1v) is 7.51. The van der Waals surface area contributed by atoms with Crippen LogP contribution in [-0.4, -0.2) is 23.9 Å². The molecule has 0 aliphatic heterocycles. The summed E-state index contributed by atoms with van der Waals surface area (Å²) in [4.78, 5) is 13.9. The zero-order valence-electron chi connectivity index (χ0n) is 13.0. The van der Waals surface area contributed by atoms with Gasteiger partial charge in [0.15, 0.2) is 0 Å². The van der Waals surface area contributed by atoms with Crippen LogP contribution in [0.2, 0.25) is 0 Å². The minimum atomic E-state index is 0.169. The second-order valence-corrected chi connectivity index (χ2v) is 5.39. The standard InChI is InChI=1S/C18H23NO2/c1-4-14(2)19(3)18(20)13-11-16-10-12-17(21-16)15-8-6-5-7-9-15/h5-10,12,14H,4,11,13H2,1-3H3. The molecule has 3 nitrogen and oxygen atoms in total. The van der Waals surface area contributed by atoms with Gasteiger partial charge in [0.1, 0.15) is 11.5 Å². The minimum Gasteiger partial charge on any atom is -0.461 e. The molecule has 1 atom stereocenters. The van der Waals surface area contributed by atoms with Crippen LogP contribution in [0.5, 0.6) is 0 Å². The molecule has 21 heavy (non-hydrogen) atoms. The van der Waals surface area contributed by atoms with E-state index in [0.29, 0.717) is 12.8 Å². The summed E-state index contributed by atoms with van der Waals surface area (Å²) < 4.78 is 5.82. The second-order valence-electron chi connectivity index (χ2n) is 5.39. The number of rotatable bonds is 6. The Kier molecular flexibility index (Phi) is 5.20. The summed E-state index contributed by atoms with van der Waals surface area (Å²) in [6, 6.07) is 14.2. The maximum Gasteiger partial charge on any atom is 0.223 e. The van der Waals surface area contributed by atoms with Crippen LogP contribution in [-0.2, 0) is 11.2 Å². The van der Waals surface area contributed by atoms with Gasteiger partial charge in [-0.3, -0.25) is 4.79 Å². The molecule has 0 bridgehead atoms. The predicted octanol–water partition coefficient (Wildman–Crippen LogP) is 4.14. The molecule has 0 aliphatic rings. The number of amides is 1. The molecule has 0 aliphatic carbocycles. The monoisotopic (exact) mass is 285 g/mol. The molecule has 0 saturated heterocycles.